The van der Waals surface area contributed by atoms with E-state index in [2.05, 4.69) is 4.84 Å². The van der Waals surface area contributed by atoms with Gasteiger partial charge in [-0.15, -0.1) is 0 Å². The van der Waals surface area contributed by atoms with Crippen LogP contribution in [0.4, 0.5) is 0 Å². The average Bonchev–Trinajstić information content (AvgIpc) is 2.51. The van der Waals surface area contributed by atoms with Crippen LogP contribution in [0, 0.1) is 5.92 Å². The Kier molecular flexibility index (Phi) is 6.75. The van der Waals surface area contributed by atoms with E-state index in [4.69, 9.17) is 15.2 Å². The molecule has 1 fully saturated rings. The first-order chi connectivity index (χ1) is 11.0. The second-order valence-corrected chi connectivity index (χ2v) is 5.56. The molecular weight excluding hydrogens is 304 g/mol. The molecule has 1 heterocycles. The van der Waals surface area contributed by atoms with Gasteiger partial charge in [0, 0.05) is 0 Å². The largest absolute Gasteiger partial charge is 0.508 e. The molecule has 128 valence electrons. The molecule has 0 aromatic heterocycles. The van der Waals surface area contributed by atoms with Gasteiger partial charge in [-0.1, -0.05) is 0 Å². The SMILES string of the molecule is O=C(CN1CCC(CCON(O)O)CC1)Oc1ccc(O)cc1. The molecule has 8 heteroatoms. The molecule has 0 saturated carbocycles. The molecular formula is C15H22N2O6. The van der Waals surface area contributed by atoms with E-state index < -0.39 is 0 Å². The number of nitrogens with zero attached hydrogens (tertiary/aromatic N) is 2. The maximum atomic E-state index is 11.9. The topological polar surface area (TPSA) is 103 Å². The van der Waals surface area contributed by atoms with Gasteiger partial charge in [-0.3, -0.25) is 24.9 Å². The van der Waals surface area contributed by atoms with E-state index in [-0.39, 0.29) is 30.3 Å². The number of carbonyl (C=O) groups excluding carboxylic acids is 1. The van der Waals surface area contributed by atoms with Gasteiger partial charge in [0.1, 0.15) is 11.5 Å². The minimum Gasteiger partial charge on any atom is -0.508 e. The Labute approximate surface area is 134 Å². The number of likely N-dealkylation sites (tertiary alicyclic amines) is 1. The molecule has 2 rings (SSSR count). The zero-order chi connectivity index (χ0) is 16.7. The molecule has 23 heavy (non-hydrogen) atoms. The van der Waals surface area contributed by atoms with E-state index in [0.717, 1.165) is 32.4 Å². The molecule has 8 nitrogen and oxygen atoms in total. The third-order valence-electron chi connectivity index (χ3n) is 3.86. The van der Waals surface area contributed by atoms with Crippen molar-refractivity contribution in [3.05, 3.63) is 24.3 Å². The Bertz CT molecular complexity index is 485. The first-order valence-electron chi connectivity index (χ1n) is 7.56. The second kappa shape index (κ2) is 8.80. The highest BCUT2D eigenvalue weighted by Gasteiger charge is 2.21. The third kappa shape index (κ3) is 6.51. The Hall–Kier alpha value is -1.71. The van der Waals surface area contributed by atoms with Gasteiger partial charge in [-0.05, 0) is 62.5 Å². The number of hydrogen-bond donors (Lipinski definition) is 3. The summed E-state index contributed by atoms with van der Waals surface area (Å²) >= 11 is 0. The number of benzene rings is 1. The van der Waals surface area contributed by atoms with Crippen molar-refractivity contribution < 1.29 is 29.9 Å². The minimum absolute atomic E-state index is 0.126. The number of ether oxygens (including phenoxy) is 1. The summed E-state index contributed by atoms with van der Waals surface area (Å²) in [7, 11) is 0. The average molecular weight is 326 g/mol. The van der Waals surface area contributed by atoms with Crippen LogP contribution in [0.1, 0.15) is 19.3 Å². The van der Waals surface area contributed by atoms with E-state index >= 15 is 0 Å². The number of phenols is 1. The maximum absolute atomic E-state index is 11.9. The number of rotatable bonds is 7. The van der Waals surface area contributed by atoms with Crippen molar-refractivity contribution in [1.29, 1.82) is 0 Å². The van der Waals surface area contributed by atoms with Crippen molar-refractivity contribution in [3.63, 3.8) is 0 Å². The third-order valence-corrected chi connectivity index (χ3v) is 3.86. The molecule has 0 amide bonds. The first-order valence-corrected chi connectivity index (χ1v) is 7.56. The normalized spacial score (nSPS) is 16.7. The summed E-state index contributed by atoms with van der Waals surface area (Å²) in [5.74, 6) is 0.659. The summed E-state index contributed by atoms with van der Waals surface area (Å²) in [6.07, 6.45) is 2.59. The van der Waals surface area contributed by atoms with Crippen LogP contribution in [0.15, 0.2) is 24.3 Å². The summed E-state index contributed by atoms with van der Waals surface area (Å²) < 4.78 is 5.22. The molecule has 1 aliphatic heterocycles. The molecule has 1 saturated heterocycles. The van der Waals surface area contributed by atoms with Crippen molar-refractivity contribution in [2.24, 2.45) is 5.92 Å². The number of phenolic OH excluding ortho intramolecular Hbond substituents is 1. The summed E-state index contributed by atoms with van der Waals surface area (Å²) in [5, 5.41) is 25.8. The molecule has 0 bridgehead atoms. The first kappa shape index (κ1) is 17.6. The Morgan fingerprint density at radius 3 is 2.48 bits per heavy atom. The molecule has 0 aliphatic carbocycles. The lowest BCUT2D eigenvalue weighted by Crippen LogP contribution is -2.39. The van der Waals surface area contributed by atoms with E-state index in [1.54, 1.807) is 12.1 Å². The number of hydrogen-bond acceptors (Lipinski definition) is 8. The Balaban J connectivity index is 1.65. The predicted molar refractivity (Wildman–Crippen MR) is 78.9 cm³/mol. The van der Waals surface area contributed by atoms with Crippen molar-refractivity contribution in [2.45, 2.75) is 19.3 Å². The zero-order valence-electron chi connectivity index (χ0n) is 12.8. The minimum atomic E-state index is -0.325. The van der Waals surface area contributed by atoms with Gasteiger partial charge in [0.15, 0.2) is 0 Å². The van der Waals surface area contributed by atoms with Crippen LogP contribution in [0.5, 0.6) is 11.5 Å². The zero-order valence-corrected chi connectivity index (χ0v) is 12.8. The summed E-state index contributed by atoms with van der Waals surface area (Å²) in [4.78, 5) is 18.5. The summed E-state index contributed by atoms with van der Waals surface area (Å²) in [5.41, 5.74) is 0. The van der Waals surface area contributed by atoms with Gasteiger partial charge < -0.3 is 9.84 Å². The van der Waals surface area contributed by atoms with Gasteiger partial charge in [0.25, 0.3) is 0 Å². The Morgan fingerprint density at radius 2 is 1.87 bits per heavy atom. The highest BCUT2D eigenvalue weighted by Crippen LogP contribution is 2.21. The molecule has 0 unspecified atom stereocenters. The monoisotopic (exact) mass is 326 g/mol. The van der Waals surface area contributed by atoms with Crippen LogP contribution < -0.4 is 4.74 Å². The smallest absolute Gasteiger partial charge is 0.325 e. The maximum Gasteiger partial charge on any atom is 0.325 e. The van der Waals surface area contributed by atoms with E-state index in [1.165, 1.54) is 12.1 Å². The Morgan fingerprint density at radius 1 is 1.22 bits per heavy atom. The lowest BCUT2D eigenvalue weighted by Gasteiger charge is -2.31. The van der Waals surface area contributed by atoms with Gasteiger partial charge in [-0.25, -0.2) is 0 Å². The van der Waals surface area contributed by atoms with Crippen LogP contribution in [0.3, 0.4) is 0 Å². The van der Waals surface area contributed by atoms with Crippen LogP contribution in [0.2, 0.25) is 0 Å². The van der Waals surface area contributed by atoms with E-state index in [9.17, 15) is 9.90 Å². The highest BCUT2D eigenvalue weighted by molar-refractivity contribution is 5.74. The van der Waals surface area contributed by atoms with Crippen LogP contribution in [-0.2, 0) is 9.63 Å². The van der Waals surface area contributed by atoms with E-state index in [1.807, 2.05) is 4.90 Å². The van der Waals surface area contributed by atoms with Gasteiger partial charge in [0.05, 0.1) is 18.5 Å². The second-order valence-electron chi connectivity index (χ2n) is 5.56. The van der Waals surface area contributed by atoms with Crippen LogP contribution >= 0.6 is 0 Å². The van der Waals surface area contributed by atoms with Crippen molar-refractivity contribution in [3.8, 4) is 11.5 Å². The van der Waals surface area contributed by atoms with Crippen molar-refractivity contribution in [1.82, 2.24) is 10.3 Å². The van der Waals surface area contributed by atoms with Crippen LogP contribution in [0.25, 0.3) is 0 Å². The molecule has 0 radical (unpaired) electrons. The standard InChI is InChI=1S/C15H22N2O6/c18-13-1-3-14(4-2-13)23-15(19)11-16-8-5-12(6-9-16)7-10-22-17(20)21/h1-4,12,18,20-21H,5-11H2. The van der Waals surface area contributed by atoms with E-state index in [0.29, 0.717) is 11.7 Å². The molecule has 1 aromatic rings. The number of aromatic hydroxyl groups is 1. The fraction of sp³-hybridized carbons (Fsp3) is 0.533. The lowest BCUT2D eigenvalue weighted by molar-refractivity contribution is -0.492. The van der Waals surface area contributed by atoms with Crippen molar-refractivity contribution >= 4 is 5.97 Å². The summed E-state index contributed by atoms with van der Waals surface area (Å²) in [6.45, 7) is 2.06. The predicted octanol–water partition coefficient (Wildman–Crippen LogP) is 1.41. The van der Waals surface area contributed by atoms with Gasteiger partial charge >= 0.3 is 5.97 Å². The molecule has 3 N–H and O–H groups in total. The molecule has 0 atom stereocenters. The fourth-order valence-electron chi connectivity index (χ4n) is 2.59. The molecule has 0 spiro atoms. The molecule has 1 aliphatic rings. The van der Waals surface area contributed by atoms with Crippen LogP contribution in [-0.4, -0.2) is 58.0 Å². The van der Waals surface area contributed by atoms with Crippen molar-refractivity contribution in [2.75, 3.05) is 26.2 Å². The fourth-order valence-corrected chi connectivity index (χ4v) is 2.59. The number of carbonyl (C=O) groups is 1. The quantitative estimate of drug-likeness (QED) is 0.393. The van der Waals surface area contributed by atoms with Gasteiger partial charge in [-0.2, -0.15) is 0 Å². The molecule has 1 aromatic carbocycles. The lowest BCUT2D eigenvalue weighted by atomic mass is 9.94. The van der Waals surface area contributed by atoms with Gasteiger partial charge in [0.2, 0.25) is 0 Å². The summed E-state index contributed by atoms with van der Waals surface area (Å²) in [6, 6.07) is 6.03. The number of esters is 1. The highest BCUT2D eigenvalue weighted by atomic mass is 17.1. The number of piperidine rings is 1.